The Morgan fingerprint density at radius 3 is 2.75 bits per heavy atom. The van der Waals surface area contributed by atoms with Crippen LogP contribution in [-0.4, -0.2) is 51.5 Å². The first kappa shape index (κ1) is 17.4. The van der Waals surface area contributed by atoms with Crippen molar-refractivity contribution < 1.29 is 9.90 Å². The molecule has 2 heterocycles. The van der Waals surface area contributed by atoms with Crippen LogP contribution in [0.2, 0.25) is 0 Å². The van der Waals surface area contributed by atoms with Gasteiger partial charge in [-0.2, -0.15) is 5.10 Å². The molecule has 3 rings (SSSR count). The van der Waals surface area contributed by atoms with Crippen molar-refractivity contribution in [1.29, 1.82) is 0 Å². The molecule has 0 aromatic carbocycles. The molecule has 24 heavy (non-hydrogen) atoms. The first-order chi connectivity index (χ1) is 11.5. The Morgan fingerprint density at radius 2 is 2.08 bits per heavy atom. The fourth-order valence-corrected chi connectivity index (χ4v) is 3.78. The molecule has 3 N–H and O–H groups in total. The van der Waals surface area contributed by atoms with E-state index in [1.54, 1.807) is 0 Å². The zero-order chi connectivity index (χ0) is 17.1. The van der Waals surface area contributed by atoms with Crippen LogP contribution in [0.4, 0.5) is 0 Å². The SMILES string of the molecule is CC(C)c1cc(C(=O)N2CCC(C(O)NC3CCCCC3)C2)n[nH]1. The van der Waals surface area contributed by atoms with Gasteiger partial charge >= 0.3 is 0 Å². The molecule has 1 aromatic heterocycles. The Kier molecular flexibility index (Phi) is 5.56. The highest BCUT2D eigenvalue weighted by atomic mass is 16.3. The van der Waals surface area contributed by atoms with E-state index in [0.29, 0.717) is 30.7 Å². The molecule has 1 aromatic rings. The highest BCUT2D eigenvalue weighted by Gasteiger charge is 2.33. The summed E-state index contributed by atoms with van der Waals surface area (Å²) in [4.78, 5) is 14.4. The van der Waals surface area contributed by atoms with Crippen molar-refractivity contribution in [3.8, 4) is 0 Å². The van der Waals surface area contributed by atoms with Gasteiger partial charge in [0.25, 0.3) is 5.91 Å². The van der Waals surface area contributed by atoms with Crippen molar-refractivity contribution >= 4 is 5.91 Å². The standard InChI is InChI=1S/C18H30N4O2/c1-12(2)15-10-16(21-20-15)18(24)22-9-8-13(11-22)17(23)19-14-6-4-3-5-7-14/h10,12-14,17,19,23H,3-9,11H2,1-2H3,(H,20,21). The maximum absolute atomic E-state index is 12.6. The molecule has 1 aliphatic heterocycles. The summed E-state index contributed by atoms with van der Waals surface area (Å²) >= 11 is 0. The van der Waals surface area contributed by atoms with Gasteiger partial charge in [-0.15, -0.1) is 0 Å². The monoisotopic (exact) mass is 334 g/mol. The molecule has 1 saturated heterocycles. The first-order valence-electron chi connectivity index (χ1n) is 9.33. The molecule has 2 fully saturated rings. The number of carbonyl (C=O) groups is 1. The minimum Gasteiger partial charge on any atom is -0.378 e. The molecule has 1 amide bonds. The van der Waals surface area contributed by atoms with Crippen LogP contribution >= 0.6 is 0 Å². The average Bonchev–Trinajstić information content (AvgIpc) is 3.25. The van der Waals surface area contributed by atoms with Gasteiger partial charge in [-0.25, -0.2) is 0 Å². The predicted octanol–water partition coefficient (Wildman–Crippen LogP) is 2.24. The summed E-state index contributed by atoms with van der Waals surface area (Å²) in [7, 11) is 0. The fourth-order valence-electron chi connectivity index (χ4n) is 3.78. The topological polar surface area (TPSA) is 81.2 Å². The number of aromatic nitrogens is 2. The number of carbonyl (C=O) groups excluding carboxylic acids is 1. The molecular formula is C18H30N4O2. The molecule has 6 nitrogen and oxygen atoms in total. The van der Waals surface area contributed by atoms with E-state index >= 15 is 0 Å². The summed E-state index contributed by atoms with van der Waals surface area (Å²) in [5.74, 6) is 0.400. The van der Waals surface area contributed by atoms with Gasteiger partial charge in [0.1, 0.15) is 11.9 Å². The molecule has 1 saturated carbocycles. The van der Waals surface area contributed by atoms with E-state index in [1.807, 2.05) is 11.0 Å². The summed E-state index contributed by atoms with van der Waals surface area (Å²) in [6.45, 7) is 5.43. The molecule has 0 radical (unpaired) electrons. The van der Waals surface area contributed by atoms with E-state index in [0.717, 1.165) is 25.0 Å². The van der Waals surface area contributed by atoms with Crippen LogP contribution in [0.3, 0.4) is 0 Å². The molecule has 2 atom stereocenters. The first-order valence-corrected chi connectivity index (χ1v) is 9.33. The highest BCUT2D eigenvalue weighted by molar-refractivity contribution is 5.92. The minimum atomic E-state index is -0.517. The number of hydrogen-bond donors (Lipinski definition) is 3. The lowest BCUT2D eigenvalue weighted by atomic mass is 9.94. The van der Waals surface area contributed by atoms with Crippen LogP contribution in [0.25, 0.3) is 0 Å². The van der Waals surface area contributed by atoms with Crippen molar-refractivity contribution in [1.82, 2.24) is 20.4 Å². The summed E-state index contributed by atoms with van der Waals surface area (Å²) in [6, 6.07) is 2.27. The number of hydrogen-bond acceptors (Lipinski definition) is 4. The number of nitrogens with zero attached hydrogens (tertiary/aromatic N) is 2. The summed E-state index contributed by atoms with van der Waals surface area (Å²) in [5, 5.41) is 20.9. The van der Waals surface area contributed by atoms with E-state index in [4.69, 9.17) is 0 Å². The summed E-state index contributed by atoms with van der Waals surface area (Å²) in [5.41, 5.74) is 1.46. The normalized spacial score (nSPS) is 23.8. The maximum atomic E-state index is 12.6. The van der Waals surface area contributed by atoms with E-state index < -0.39 is 6.23 Å². The molecule has 0 bridgehead atoms. The van der Waals surface area contributed by atoms with Crippen LogP contribution < -0.4 is 5.32 Å². The number of likely N-dealkylation sites (tertiary alicyclic amines) is 1. The van der Waals surface area contributed by atoms with Crippen LogP contribution in [-0.2, 0) is 0 Å². The van der Waals surface area contributed by atoms with Crippen LogP contribution in [0.5, 0.6) is 0 Å². The van der Waals surface area contributed by atoms with Crippen molar-refractivity contribution in [3.05, 3.63) is 17.5 Å². The number of nitrogens with one attached hydrogen (secondary N) is 2. The van der Waals surface area contributed by atoms with Gasteiger partial charge in [-0.05, 0) is 31.2 Å². The van der Waals surface area contributed by atoms with E-state index in [1.165, 1.54) is 19.3 Å². The van der Waals surface area contributed by atoms with Gasteiger partial charge in [0.05, 0.1) is 0 Å². The van der Waals surface area contributed by atoms with Crippen molar-refractivity contribution in [2.75, 3.05) is 13.1 Å². The lowest BCUT2D eigenvalue weighted by molar-refractivity contribution is 0.0562. The number of rotatable bonds is 5. The van der Waals surface area contributed by atoms with Crippen LogP contribution in [0, 0.1) is 5.92 Å². The molecule has 6 heteroatoms. The van der Waals surface area contributed by atoms with E-state index in [2.05, 4.69) is 29.4 Å². The van der Waals surface area contributed by atoms with Crippen LogP contribution in [0.15, 0.2) is 6.07 Å². The summed E-state index contributed by atoms with van der Waals surface area (Å²) < 4.78 is 0. The van der Waals surface area contributed by atoms with Gasteiger partial charge in [-0.3, -0.25) is 15.2 Å². The van der Waals surface area contributed by atoms with Crippen LogP contribution in [0.1, 0.15) is 74.5 Å². The second kappa shape index (κ2) is 7.66. The molecule has 1 aliphatic carbocycles. The van der Waals surface area contributed by atoms with E-state index in [-0.39, 0.29) is 11.8 Å². The van der Waals surface area contributed by atoms with Gasteiger partial charge in [0, 0.05) is 30.7 Å². The van der Waals surface area contributed by atoms with Gasteiger partial charge in [0.2, 0.25) is 0 Å². The third-order valence-electron chi connectivity index (χ3n) is 5.41. The third-order valence-corrected chi connectivity index (χ3v) is 5.41. The summed E-state index contributed by atoms with van der Waals surface area (Å²) in [6.07, 6.45) is 6.43. The number of amides is 1. The predicted molar refractivity (Wildman–Crippen MR) is 92.7 cm³/mol. The second-order valence-corrected chi connectivity index (χ2v) is 7.61. The molecular weight excluding hydrogens is 304 g/mol. The van der Waals surface area contributed by atoms with Crippen molar-refractivity contribution in [3.63, 3.8) is 0 Å². The second-order valence-electron chi connectivity index (χ2n) is 7.61. The Morgan fingerprint density at radius 1 is 1.33 bits per heavy atom. The maximum Gasteiger partial charge on any atom is 0.274 e. The Bertz CT molecular complexity index is 551. The largest absolute Gasteiger partial charge is 0.378 e. The molecule has 134 valence electrons. The molecule has 0 spiro atoms. The Labute approximate surface area is 144 Å². The lowest BCUT2D eigenvalue weighted by Gasteiger charge is -2.28. The zero-order valence-corrected chi connectivity index (χ0v) is 14.8. The number of aliphatic hydroxyl groups is 1. The Balaban J connectivity index is 1.52. The van der Waals surface area contributed by atoms with Gasteiger partial charge < -0.3 is 10.0 Å². The number of H-pyrrole nitrogens is 1. The molecule has 2 unspecified atom stereocenters. The van der Waals surface area contributed by atoms with Gasteiger partial charge in [0.15, 0.2) is 0 Å². The number of aliphatic hydroxyl groups excluding tert-OH is 1. The average molecular weight is 334 g/mol. The van der Waals surface area contributed by atoms with E-state index in [9.17, 15) is 9.90 Å². The smallest absolute Gasteiger partial charge is 0.274 e. The zero-order valence-electron chi connectivity index (χ0n) is 14.8. The lowest BCUT2D eigenvalue weighted by Crippen LogP contribution is -2.44. The molecule has 2 aliphatic rings. The fraction of sp³-hybridized carbons (Fsp3) is 0.778. The third kappa shape index (κ3) is 3.98. The highest BCUT2D eigenvalue weighted by Crippen LogP contribution is 2.24. The van der Waals surface area contributed by atoms with Crippen molar-refractivity contribution in [2.45, 2.75) is 70.6 Å². The quantitative estimate of drug-likeness (QED) is 0.721. The van der Waals surface area contributed by atoms with Gasteiger partial charge in [-0.1, -0.05) is 33.1 Å². The Hall–Kier alpha value is -1.40. The number of aromatic amines is 1. The van der Waals surface area contributed by atoms with Crippen molar-refractivity contribution in [2.24, 2.45) is 5.92 Å². The minimum absolute atomic E-state index is 0.0366.